The van der Waals surface area contributed by atoms with Crippen LogP contribution in [0.3, 0.4) is 0 Å². The lowest BCUT2D eigenvalue weighted by Crippen LogP contribution is -2.37. The van der Waals surface area contributed by atoms with Crippen molar-refractivity contribution >= 4 is 23.1 Å². The van der Waals surface area contributed by atoms with Gasteiger partial charge in [-0.25, -0.2) is 0 Å². The number of carbonyl (C=O) groups is 1. The van der Waals surface area contributed by atoms with E-state index in [9.17, 15) is 4.79 Å². The number of nitrogens with zero attached hydrogens (tertiary/aromatic N) is 2. The summed E-state index contributed by atoms with van der Waals surface area (Å²) < 4.78 is 10.9. The molecule has 1 aromatic heterocycles. The minimum absolute atomic E-state index is 0.00724. The van der Waals surface area contributed by atoms with Gasteiger partial charge in [0, 0.05) is 13.1 Å². The third kappa shape index (κ3) is 2.86. The van der Waals surface area contributed by atoms with Gasteiger partial charge in [0.05, 0.1) is 12.5 Å². The average Bonchev–Trinajstić information content (AvgIpc) is 2.90. The zero-order chi connectivity index (χ0) is 14.8. The quantitative estimate of drug-likeness (QED) is 0.813. The van der Waals surface area contributed by atoms with Gasteiger partial charge in [-0.3, -0.25) is 4.79 Å². The SMILES string of the molecule is CCOC(=O)C1CCN(c2nc3cc(C)ccc3o2)CC1. The fourth-order valence-electron chi connectivity index (χ4n) is 2.73. The van der Waals surface area contributed by atoms with Crippen molar-refractivity contribution in [3.63, 3.8) is 0 Å². The molecule has 5 heteroatoms. The molecule has 0 saturated carbocycles. The molecule has 1 aliphatic rings. The minimum Gasteiger partial charge on any atom is -0.466 e. The Bertz CT molecular complexity index is 642. The van der Waals surface area contributed by atoms with Crippen LogP contribution in [-0.4, -0.2) is 30.6 Å². The highest BCUT2D eigenvalue weighted by atomic mass is 16.5. The molecule has 2 heterocycles. The second kappa shape index (κ2) is 5.76. The molecular formula is C16H20N2O3. The van der Waals surface area contributed by atoms with Crippen molar-refractivity contribution in [2.24, 2.45) is 5.92 Å². The molecule has 21 heavy (non-hydrogen) atoms. The summed E-state index contributed by atoms with van der Waals surface area (Å²) in [7, 11) is 0. The third-order valence-corrected chi connectivity index (χ3v) is 3.92. The van der Waals surface area contributed by atoms with Gasteiger partial charge in [-0.1, -0.05) is 6.07 Å². The van der Waals surface area contributed by atoms with Gasteiger partial charge >= 0.3 is 5.97 Å². The van der Waals surface area contributed by atoms with Crippen LogP contribution in [0.2, 0.25) is 0 Å². The number of esters is 1. The Morgan fingerprint density at radius 1 is 1.43 bits per heavy atom. The van der Waals surface area contributed by atoms with Crippen molar-refractivity contribution in [3.8, 4) is 0 Å². The Hall–Kier alpha value is -2.04. The largest absolute Gasteiger partial charge is 0.466 e. The number of anilines is 1. The number of rotatable bonds is 3. The highest BCUT2D eigenvalue weighted by Gasteiger charge is 2.27. The standard InChI is InChI=1S/C16H20N2O3/c1-3-20-15(19)12-6-8-18(9-7-12)16-17-13-10-11(2)4-5-14(13)21-16/h4-5,10,12H,3,6-9H2,1-2H3. The Morgan fingerprint density at radius 3 is 2.90 bits per heavy atom. The van der Waals surface area contributed by atoms with Gasteiger partial charge in [-0.15, -0.1) is 0 Å². The lowest BCUT2D eigenvalue weighted by molar-refractivity contribution is -0.148. The zero-order valence-electron chi connectivity index (χ0n) is 12.5. The van der Waals surface area contributed by atoms with Crippen molar-refractivity contribution in [3.05, 3.63) is 23.8 Å². The summed E-state index contributed by atoms with van der Waals surface area (Å²) in [4.78, 5) is 18.4. The summed E-state index contributed by atoms with van der Waals surface area (Å²) in [5.41, 5.74) is 2.86. The van der Waals surface area contributed by atoms with Crippen molar-refractivity contribution in [1.82, 2.24) is 4.98 Å². The van der Waals surface area contributed by atoms with E-state index in [4.69, 9.17) is 9.15 Å². The number of ether oxygens (including phenoxy) is 1. The first-order chi connectivity index (χ1) is 10.2. The van der Waals surface area contributed by atoms with Crippen molar-refractivity contribution in [1.29, 1.82) is 0 Å². The number of aryl methyl sites for hydroxylation is 1. The Morgan fingerprint density at radius 2 is 2.19 bits per heavy atom. The maximum absolute atomic E-state index is 11.7. The van der Waals surface area contributed by atoms with Gasteiger partial charge in [0.25, 0.3) is 6.01 Å². The predicted molar refractivity (Wildman–Crippen MR) is 80.3 cm³/mol. The van der Waals surface area contributed by atoms with Gasteiger partial charge in [-0.2, -0.15) is 4.98 Å². The molecule has 0 bridgehead atoms. The Labute approximate surface area is 123 Å². The maximum atomic E-state index is 11.7. The topological polar surface area (TPSA) is 55.6 Å². The van der Waals surface area contributed by atoms with Gasteiger partial charge in [-0.05, 0) is 44.4 Å². The van der Waals surface area contributed by atoms with Crippen LogP contribution in [0.25, 0.3) is 11.1 Å². The first-order valence-corrected chi connectivity index (χ1v) is 7.46. The number of fused-ring (bicyclic) bond motifs is 1. The Kier molecular flexibility index (Phi) is 3.82. The molecule has 0 N–H and O–H groups in total. The lowest BCUT2D eigenvalue weighted by Gasteiger charge is -2.29. The molecule has 0 spiro atoms. The highest BCUT2D eigenvalue weighted by Crippen LogP contribution is 2.27. The van der Waals surface area contributed by atoms with Crippen molar-refractivity contribution in [2.75, 3.05) is 24.6 Å². The van der Waals surface area contributed by atoms with E-state index in [-0.39, 0.29) is 11.9 Å². The second-order valence-corrected chi connectivity index (χ2v) is 5.48. The summed E-state index contributed by atoms with van der Waals surface area (Å²) in [6.07, 6.45) is 1.58. The summed E-state index contributed by atoms with van der Waals surface area (Å²) in [6.45, 7) is 5.88. The van der Waals surface area contributed by atoms with E-state index in [0.29, 0.717) is 12.6 Å². The molecule has 0 aliphatic carbocycles. The van der Waals surface area contributed by atoms with E-state index in [0.717, 1.165) is 37.0 Å². The van der Waals surface area contributed by atoms with E-state index < -0.39 is 0 Å². The van der Waals surface area contributed by atoms with Gasteiger partial charge in [0.1, 0.15) is 5.52 Å². The number of hydrogen-bond acceptors (Lipinski definition) is 5. The molecule has 2 aromatic rings. The molecule has 0 radical (unpaired) electrons. The number of benzene rings is 1. The fourth-order valence-corrected chi connectivity index (χ4v) is 2.73. The minimum atomic E-state index is -0.0784. The summed E-state index contributed by atoms with van der Waals surface area (Å²) >= 11 is 0. The number of hydrogen-bond donors (Lipinski definition) is 0. The van der Waals surface area contributed by atoms with E-state index in [1.54, 1.807) is 0 Å². The molecule has 3 rings (SSSR count). The van der Waals surface area contributed by atoms with Crippen LogP contribution in [0.15, 0.2) is 22.6 Å². The van der Waals surface area contributed by atoms with Gasteiger partial charge < -0.3 is 14.1 Å². The van der Waals surface area contributed by atoms with Crippen LogP contribution in [0, 0.1) is 12.8 Å². The van der Waals surface area contributed by atoms with Crippen LogP contribution in [0.5, 0.6) is 0 Å². The molecule has 1 aliphatic heterocycles. The van der Waals surface area contributed by atoms with Crippen LogP contribution in [0.4, 0.5) is 6.01 Å². The van der Waals surface area contributed by atoms with Gasteiger partial charge in [0.15, 0.2) is 5.58 Å². The third-order valence-electron chi connectivity index (χ3n) is 3.92. The van der Waals surface area contributed by atoms with E-state index in [2.05, 4.69) is 9.88 Å². The Balaban J connectivity index is 1.69. The highest BCUT2D eigenvalue weighted by molar-refractivity contribution is 5.75. The monoisotopic (exact) mass is 288 g/mol. The summed E-state index contributed by atoms with van der Waals surface area (Å²) in [6, 6.07) is 6.64. The molecular weight excluding hydrogens is 268 g/mol. The zero-order valence-corrected chi connectivity index (χ0v) is 12.5. The molecule has 5 nitrogen and oxygen atoms in total. The molecule has 1 fully saturated rings. The average molecular weight is 288 g/mol. The molecule has 0 amide bonds. The summed E-state index contributed by atoms with van der Waals surface area (Å²) in [5.74, 6) is -0.0711. The molecule has 112 valence electrons. The smallest absolute Gasteiger partial charge is 0.309 e. The number of piperidine rings is 1. The van der Waals surface area contributed by atoms with Crippen LogP contribution in [-0.2, 0) is 9.53 Å². The number of aromatic nitrogens is 1. The van der Waals surface area contributed by atoms with Crippen LogP contribution in [0.1, 0.15) is 25.3 Å². The van der Waals surface area contributed by atoms with Crippen LogP contribution >= 0.6 is 0 Å². The number of carbonyl (C=O) groups excluding carboxylic acids is 1. The first-order valence-electron chi connectivity index (χ1n) is 7.46. The molecule has 0 atom stereocenters. The van der Waals surface area contributed by atoms with E-state index in [1.165, 1.54) is 5.56 Å². The maximum Gasteiger partial charge on any atom is 0.309 e. The molecule has 1 saturated heterocycles. The van der Waals surface area contributed by atoms with Crippen molar-refractivity contribution < 1.29 is 13.9 Å². The van der Waals surface area contributed by atoms with E-state index in [1.807, 2.05) is 32.0 Å². The molecule has 0 unspecified atom stereocenters. The van der Waals surface area contributed by atoms with Crippen LogP contribution < -0.4 is 4.90 Å². The van der Waals surface area contributed by atoms with Crippen molar-refractivity contribution in [2.45, 2.75) is 26.7 Å². The first kappa shape index (κ1) is 13.9. The predicted octanol–water partition coefficient (Wildman–Crippen LogP) is 2.92. The second-order valence-electron chi connectivity index (χ2n) is 5.48. The van der Waals surface area contributed by atoms with E-state index >= 15 is 0 Å². The summed E-state index contributed by atoms with van der Waals surface area (Å²) in [5, 5.41) is 0. The fraction of sp³-hybridized carbons (Fsp3) is 0.500. The molecule has 1 aromatic carbocycles. The van der Waals surface area contributed by atoms with Gasteiger partial charge in [0.2, 0.25) is 0 Å². The lowest BCUT2D eigenvalue weighted by atomic mass is 9.97. The number of oxazole rings is 1. The normalized spacial score (nSPS) is 16.4.